The summed E-state index contributed by atoms with van der Waals surface area (Å²) in [5.74, 6) is 3.81. The largest absolute Gasteiger partial charge is 0.378 e. The summed E-state index contributed by atoms with van der Waals surface area (Å²) in [7, 11) is 0. The summed E-state index contributed by atoms with van der Waals surface area (Å²) in [4.78, 5) is 14.2. The molecule has 2 fully saturated rings. The minimum Gasteiger partial charge on any atom is -0.378 e. The molecule has 0 radical (unpaired) electrons. The monoisotopic (exact) mass is 392 g/mol. The molecule has 150 valence electrons. The molecule has 0 unspecified atom stereocenters. The molecule has 3 heterocycles. The number of aromatic nitrogens is 2. The molecule has 27 heavy (non-hydrogen) atoms. The fourth-order valence-electron chi connectivity index (χ4n) is 3.83. The summed E-state index contributed by atoms with van der Waals surface area (Å²) >= 11 is 5.39. The van der Waals surface area contributed by atoms with Crippen LogP contribution in [0.15, 0.2) is 6.07 Å². The highest BCUT2D eigenvalue weighted by atomic mass is 32.1. The van der Waals surface area contributed by atoms with Gasteiger partial charge in [0.15, 0.2) is 5.11 Å². The number of anilines is 3. The molecule has 1 aromatic rings. The topological polar surface area (TPSA) is 65.6 Å². The van der Waals surface area contributed by atoms with E-state index >= 15 is 0 Å². The quantitative estimate of drug-likeness (QED) is 0.741. The molecule has 0 aromatic carbocycles. The molecule has 2 N–H and O–H groups in total. The third-order valence-corrected chi connectivity index (χ3v) is 5.23. The molecule has 2 aliphatic heterocycles. The van der Waals surface area contributed by atoms with Crippen molar-refractivity contribution in [2.75, 3.05) is 61.1 Å². The van der Waals surface area contributed by atoms with Gasteiger partial charge < -0.3 is 25.2 Å². The van der Waals surface area contributed by atoms with Crippen LogP contribution in [0.3, 0.4) is 0 Å². The predicted octanol–water partition coefficient (Wildman–Crippen LogP) is 2.49. The lowest BCUT2D eigenvalue weighted by molar-refractivity contribution is 0.122. The highest BCUT2D eigenvalue weighted by Gasteiger charge is 2.25. The van der Waals surface area contributed by atoms with Crippen LogP contribution in [-0.4, -0.2) is 61.0 Å². The van der Waals surface area contributed by atoms with Crippen LogP contribution < -0.4 is 20.4 Å². The van der Waals surface area contributed by atoms with E-state index < -0.39 is 0 Å². The Morgan fingerprint density at radius 3 is 2.41 bits per heavy atom. The first-order valence-electron chi connectivity index (χ1n) is 10.1. The summed E-state index contributed by atoms with van der Waals surface area (Å²) < 4.78 is 5.49. The first kappa shape index (κ1) is 20.1. The number of morpholine rings is 1. The normalized spacial score (nSPS) is 23.2. The highest BCUT2D eigenvalue weighted by Crippen LogP contribution is 2.28. The Morgan fingerprint density at radius 2 is 1.78 bits per heavy atom. The maximum atomic E-state index is 5.49. The zero-order valence-corrected chi connectivity index (χ0v) is 17.5. The standard InChI is InChI=1S/C19H32N6OS/c1-4-5-20-19(27)23-18-21-16(24-6-8-26-9-7-24)11-17(22-18)25-12-14(2)10-15(3)13-25/h11,14-15H,4-10,12-13H2,1-3H3,(H2,20,21,22,23,27)/t14-,15-/m1/s1. The highest BCUT2D eigenvalue weighted by molar-refractivity contribution is 7.80. The van der Waals surface area contributed by atoms with Gasteiger partial charge in [0.05, 0.1) is 13.2 Å². The van der Waals surface area contributed by atoms with Crippen molar-refractivity contribution in [1.82, 2.24) is 15.3 Å². The molecule has 3 rings (SSSR count). The van der Waals surface area contributed by atoms with Crippen molar-refractivity contribution in [2.45, 2.75) is 33.6 Å². The molecule has 2 saturated heterocycles. The van der Waals surface area contributed by atoms with Gasteiger partial charge in [-0.2, -0.15) is 9.97 Å². The smallest absolute Gasteiger partial charge is 0.232 e. The summed E-state index contributed by atoms with van der Waals surface area (Å²) in [5, 5.41) is 6.93. The van der Waals surface area contributed by atoms with E-state index in [2.05, 4.69) is 47.3 Å². The van der Waals surface area contributed by atoms with Crippen LogP contribution in [0.2, 0.25) is 0 Å². The van der Waals surface area contributed by atoms with Gasteiger partial charge in [-0.3, -0.25) is 0 Å². The average molecular weight is 393 g/mol. The molecule has 0 saturated carbocycles. The molecule has 0 aliphatic carbocycles. The number of nitrogens with zero attached hydrogens (tertiary/aromatic N) is 4. The number of ether oxygens (including phenoxy) is 1. The Bertz CT molecular complexity index is 627. The molecule has 0 bridgehead atoms. The van der Waals surface area contributed by atoms with E-state index in [0.29, 0.717) is 22.9 Å². The third-order valence-electron chi connectivity index (χ3n) is 4.99. The first-order chi connectivity index (χ1) is 13.0. The number of rotatable bonds is 5. The van der Waals surface area contributed by atoms with Crippen LogP contribution in [0.5, 0.6) is 0 Å². The molecular formula is C19H32N6OS. The fraction of sp³-hybridized carbons (Fsp3) is 0.737. The maximum Gasteiger partial charge on any atom is 0.232 e. The van der Waals surface area contributed by atoms with Gasteiger partial charge in [-0.25, -0.2) is 0 Å². The van der Waals surface area contributed by atoms with Gasteiger partial charge >= 0.3 is 0 Å². The van der Waals surface area contributed by atoms with E-state index in [1.165, 1.54) is 6.42 Å². The van der Waals surface area contributed by atoms with Crippen LogP contribution in [0.1, 0.15) is 33.6 Å². The third kappa shape index (κ3) is 5.65. The summed E-state index contributed by atoms with van der Waals surface area (Å²) in [6.07, 6.45) is 2.29. The van der Waals surface area contributed by atoms with Crippen molar-refractivity contribution in [1.29, 1.82) is 0 Å². The zero-order chi connectivity index (χ0) is 19.2. The Balaban J connectivity index is 1.84. The molecular weight excluding hydrogens is 360 g/mol. The maximum absolute atomic E-state index is 5.49. The minimum atomic E-state index is 0.563. The summed E-state index contributed by atoms with van der Waals surface area (Å²) in [6, 6.07) is 2.11. The molecule has 2 aliphatic rings. The SMILES string of the molecule is CCCNC(=S)Nc1nc(N2CCOCC2)cc(N2C[C@H](C)C[C@@H](C)C2)n1. The Kier molecular flexibility index (Phi) is 7.07. The second kappa shape index (κ2) is 9.50. The van der Waals surface area contributed by atoms with E-state index in [-0.39, 0.29) is 0 Å². The van der Waals surface area contributed by atoms with Crippen LogP contribution >= 0.6 is 12.2 Å². The van der Waals surface area contributed by atoms with Gasteiger partial charge in [0.2, 0.25) is 5.95 Å². The predicted molar refractivity (Wildman–Crippen MR) is 115 cm³/mol. The Morgan fingerprint density at radius 1 is 1.15 bits per heavy atom. The second-order valence-corrected chi connectivity index (χ2v) is 8.15. The molecule has 0 spiro atoms. The number of thiocarbonyl (C=S) groups is 1. The van der Waals surface area contributed by atoms with Gasteiger partial charge in [0.25, 0.3) is 0 Å². The second-order valence-electron chi connectivity index (χ2n) is 7.74. The van der Waals surface area contributed by atoms with Crippen molar-refractivity contribution >= 4 is 34.9 Å². The van der Waals surface area contributed by atoms with Gasteiger partial charge in [-0.05, 0) is 36.9 Å². The Hall–Kier alpha value is -1.67. The van der Waals surface area contributed by atoms with Crippen molar-refractivity contribution in [3.05, 3.63) is 6.07 Å². The number of nitrogens with one attached hydrogen (secondary N) is 2. The molecule has 8 heteroatoms. The molecule has 2 atom stereocenters. The Labute approximate surface area is 167 Å². The van der Waals surface area contributed by atoms with E-state index in [9.17, 15) is 0 Å². The van der Waals surface area contributed by atoms with Crippen molar-refractivity contribution < 1.29 is 4.74 Å². The fourth-order valence-corrected chi connectivity index (χ4v) is 4.02. The van der Waals surface area contributed by atoms with Gasteiger partial charge in [-0.1, -0.05) is 20.8 Å². The van der Waals surface area contributed by atoms with Gasteiger partial charge in [0, 0.05) is 38.8 Å². The van der Waals surface area contributed by atoms with E-state index in [1.54, 1.807) is 0 Å². The van der Waals surface area contributed by atoms with E-state index in [1.807, 2.05) is 0 Å². The van der Waals surface area contributed by atoms with Gasteiger partial charge in [-0.15, -0.1) is 0 Å². The molecule has 0 amide bonds. The lowest BCUT2D eigenvalue weighted by atomic mass is 9.92. The average Bonchev–Trinajstić information content (AvgIpc) is 2.66. The van der Waals surface area contributed by atoms with E-state index in [0.717, 1.165) is 64.0 Å². The minimum absolute atomic E-state index is 0.563. The summed E-state index contributed by atoms with van der Waals surface area (Å²) in [6.45, 7) is 12.8. The lowest BCUT2D eigenvalue weighted by Gasteiger charge is -2.36. The van der Waals surface area contributed by atoms with Crippen LogP contribution in [0.4, 0.5) is 17.6 Å². The van der Waals surface area contributed by atoms with Crippen LogP contribution in [0.25, 0.3) is 0 Å². The zero-order valence-electron chi connectivity index (χ0n) is 16.7. The van der Waals surface area contributed by atoms with Gasteiger partial charge in [0.1, 0.15) is 11.6 Å². The summed E-state index contributed by atoms with van der Waals surface area (Å²) in [5.41, 5.74) is 0. The van der Waals surface area contributed by atoms with E-state index in [4.69, 9.17) is 26.9 Å². The van der Waals surface area contributed by atoms with Crippen LogP contribution in [0, 0.1) is 11.8 Å². The van der Waals surface area contributed by atoms with Crippen molar-refractivity contribution in [3.8, 4) is 0 Å². The van der Waals surface area contributed by atoms with Crippen molar-refractivity contribution in [2.24, 2.45) is 11.8 Å². The first-order valence-corrected chi connectivity index (χ1v) is 10.5. The molecule has 7 nitrogen and oxygen atoms in total. The molecule has 1 aromatic heterocycles. The van der Waals surface area contributed by atoms with Crippen molar-refractivity contribution in [3.63, 3.8) is 0 Å². The van der Waals surface area contributed by atoms with Crippen LogP contribution in [-0.2, 0) is 4.74 Å². The number of hydrogen-bond acceptors (Lipinski definition) is 6. The number of piperidine rings is 1. The lowest BCUT2D eigenvalue weighted by Crippen LogP contribution is -2.40. The number of hydrogen-bond donors (Lipinski definition) is 2.